The zero-order valence-corrected chi connectivity index (χ0v) is 17.6. The van der Waals surface area contributed by atoms with Crippen LogP contribution in [0.25, 0.3) is 15.5 Å². The molecule has 4 aromatic rings. The largest absolute Gasteiger partial charge is 0.332 e. The summed E-state index contributed by atoms with van der Waals surface area (Å²) in [5.74, 6) is 0.509. The molecule has 10 heteroatoms. The second-order valence-corrected chi connectivity index (χ2v) is 7.87. The average Bonchev–Trinajstić information content (AvgIpc) is 3.29. The average molecular weight is 443 g/mol. The molecule has 0 unspecified atom stereocenters. The predicted octanol–water partition coefficient (Wildman–Crippen LogP) is 4.20. The number of thiocarbonyl (C=S) groups is 1. The lowest BCUT2D eigenvalue weighted by molar-refractivity contribution is 0.0977. The topological polar surface area (TPSA) is 84.2 Å². The Morgan fingerprint density at radius 3 is 2.72 bits per heavy atom. The third kappa shape index (κ3) is 4.26. The second kappa shape index (κ2) is 8.24. The first kappa shape index (κ1) is 19.4. The number of rotatable bonds is 4. The molecule has 0 bridgehead atoms. The van der Waals surface area contributed by atoms with Gasteiger partial charge in [0.25, 0.3) is 5.91 Å². The van der Waals surface area contributed by atoms with Gasteiger partial charge in [-0.25, -0.2) is 0 Å². The fraction of sp³-hybridized carbons (Fsp3) is 0.105. The van der Waals surface area contributed by atoms with Gasteiger partial charge in [0, 0.05) is 28.3 Å². The number of anilines is 1. The normalized spacial score (nSPS) is 10.8. The highest BCUT2D eigenvalue weighted by molar-refractivity contribution is 7.80. The molecule has 0 aliphatic rings. The quantitative estimate of drug-likeness (QED) is 0.461. The van der Waals surface area contributed by atoms with Gasteiger partial charge in [-0.1, -0.05) is 35.9 Å². The van der Waals surface area contributed by atoms with Crippen LogP contribution in [-0.4, -0.2) is 30.8 Å². The van der Waals surface area contributed by atoms with Crippen LogP contribution < -0.4 is 10.6 Å². The maximum atomic E-state index is 12.2. The third-order valence-corrected chi connectivity index (χ3v) is 5.46. The Labute approximate surface area is 180 Å². The zero-order chi connectivity index (χ0) is 20.4. The van der Waals surface area contributed by atoms with Crippen LogP contribution in [0.5, 0.6) is 0 Å². The second-order valence-electron chi connectivity index (χ2n) is 6.07. The van der Waals surface area contributed by atoms with Crippen molar-refractivity contribution in [2.24, 2.45) is 0 Å². The van der Waals surface area contributed by atoms with Gasteiger partial charge in [0.1, 0.15) is 5.01 Å². The van der Waals surface area contributed by atoms with Crippen LogP contribution >= 0.6 is 35.2 Å². The summed E-state index contributed by atoms with van der Waals surface area (Å²) >= 11 is 12.6. The fourth-order valence-corrected chi connectivity index (χ4v) is 3.92. The fourth-order valence-electron chi connectivity index (χ4n) is 2.66. The van der Waals surface area contributed by atoms with Crippen LogP contribution in [0.4, 0.5) is 5.69 Å². The number of carbonyl (C=O) groups is 1. The lowest BCUT2D eigenvalue weighted by atomic mass is 10.2. The summed E-state index contributed by atoms with van der Waals surface area (Å²) < 4.78 is 1.77. The maximum Gasteiger partial charge on any atom is 0.257 e. The molecule has 146 valence electrons. The van der Waals surface area contributed by atoms with Crippen LogP contribution in [0.1, 0.15) is 23.1 Å². The number of hydrogen-bond acceptors (Lipinski definition) is 6. The third-order valence-electron chi connectivity index (χ3n) is 4.08. The molecule has 0 radical (unpaired) electrons. The summed E-state index contributed by atoms with van der Waals surface area (Å²) in [4.78, 5) is 13.0. The van der Waals surface area contributed by atoms with Crippen LogP contribution in [0.2, 0.25) is 5.02 Å². The van der Waals surface area contributed by atoms with E-state index in [-0.39, 0.29) is 11.0 Å². The molecule has 1 amide bonds. The molecule has 29 heavy (non-hydrogen) atoms. The molecule has 7 nitrogen and oxygen atoms in total. The monoisotopic (exact) mass is 442 g/mol. The number of aryl methyl sites for hydroxylation is 1. The minimum Gasteiger partial charge on any atom is -0.332 e. The molecule has 2 heterocycles. The van der Waals surface area contributed by atoms with Crippen molar-refractivity contribution in [3.63, 3.8) is 0 Å². The Bertz CT molecular complexity index is 1200. The number of carbonyl (C=O) groups excluding carboxylic acids is 1. The molecular weight excluding hydrogens is 428 g/mol. The molecular formula is C19H15ClN6OS2. The standard InChI is InChI=1S/C19H15ClN6OS2/c1-2-15-23-24-19-26(15)25-17(29-19)11-6-8-14(9-7-11)21-18(28)22-16(27)12-4-3-5-13(20)10-12/h3-10H,2H2,1H3,(H2,21,22,27,28). The van der Waals surface area contributed by atoms with E-state index in [9.17, 15) is 4.79 Å². The van der Waals surface area contributed by atoms with Gasteiger partial charge in [-0.2, -0.15) is 9.61 Å². The number of nitrogens with one attached hydrogen (secondary N) is 2. The number of halogens is 1. The smallest absolute Gasteiger partial charge is 0.257 e. The van der Waals surface area contributed by atoms with E-state index in [1.807, 2.05) is 31.2 Å². The molecule has 0 aliphatic heterocycles. The van der Waals surface area contributed by atoms with E-state index in [4.69, 9.17) is 23.8 Å². The molecule has 0 saturated heterocycles. The van der Waals surface area contributed by atoms with Crippen molar-refractivity contribution >= 4 is 56.8 Å². The van der Waals surface area contributed by atoms with E-state index in [1.165, 1.54) is 11.3 Å². The van der Waals surface area contributed by atoms with E-state index in [0.717, 1.165) is 33.5 Å². The van der Waals surface area contributed by atoms with Gasteiger partial charge in [-0.05, 0) is 54.7 Å². The lowest BCUT2D eigenvalue weighted by Gasteiger charge is -2.10. The van der Waals surface area contributed by atoms with E-state index >= 15 is 0 Å². The van der Waals surface area contributed by atoms with Gasteiger partial charge < -0.3 is 5.32 Å². The van der Waals surface area contributed by atoms with E-state index < -0.39 is 0 Å². The first-order valence-corrected chi connectivity index (χ1v) is 10.3. The number of aromatic nitrogens is 4. The minimum atomic E-state index is -0.326. The van der Waals surface area contributed by atoms with Crippen molar-refractivity contribution < 1.29 is 4.79 Å². The Hall–Kier alpha value is -2.88. The van der Waals surface area contributed by atoms with Crippen molar-refractivity contribution in [3.05, 3.63) is 64.9 Å². The van der Waals surface area contributed by atoms with E-state index in [2.05, 4.69) is 25.9 Å². The number of nitrogens with zero attached hydrogens (tertiary/aromatic N) is 4. The predicted molar refractivity (Wildman–Crippen MR) is 119 cm³/mol. The molecule has 2 aromatic heterocycles. The Balaban J connectivity index is 1.42. The van der Waals surface area contributed by atoms with E-state index in [1.54, 1.807) is 28.8 Å². The van der Waals surface area contributed by atoms with Crippen molar-refractivity contribution in [3.8, 4) is 10.6 Å². The van der Waals surface area contributed by atoms with Gasteiger partial charge in [-0.3, -0.25) is 10.1 Å². The van der Waals surface area contributed by atoms with Crippen molar-refractivity contribution in [2.75, 3.05) is 5.32 Å². The highest BCUT2D eigenvalue weighted by atomic mass is 35.5. The summed E-state index contributed by atoms with van der Waals surface area (Å²) in [5.41, 5.74) is 2.15. The maximum absolute atomic E-state index is 12.2. The molecule has 0 spiro atoms. The highest BCUT2D eigenvalue weighted by Gasteiger charge is 2.12. The van der Waals surface area contributed by atoms with Crippen LogP contribution in [0.3, 0.4) is 0 Å². The minimum absolute atomic E-state index is 0.203. The summed E-state index contributed by atoms with van der Waals surface area (Å²) in [5, 5.41) is 20.0. The Morgan fingerprint density at radius 1 is 1.21 bits per heavy atom. The van der Waals surface area contributed by atoms with Gasteiger partial charge in [0.05, 0.1) is 0 Å². The summed E-state index contributed by atoms with van der Waals surface area (Å²) in [6, 6.07) is 14.3. The number of amides is 1. The molecule has 0 aliphatic carbocycles. The number of fused-ring (bicyclic) bond motifs is 1. The van der Waals surface area contributed by atoms with Crippen LogP contribution in [0.15, 0.2) is 48.5 Å². The van der Waals surface area contributed by atoms with Crippen LogP contribution in [-0.2, 0) is 6.42 Å². The molecule has 0 fully saturated rings. The summed E-state index contributed by atoms with van der Waals surface area (Å²) in [7, 11) is 0. The Morgan fingerprint density at radius 2 is 2.00 bits per heavy atom. The molecule has 0 atom stereocenters. The van der Waals surface area contributed by atoms with Gasteiger partial charge in [0.2, 0.25) is 4.96 Å². The van der Waals surface area contributed by atoms with Gasteiger partial charge >= 0.3 is 0 Å². The molecule has 0 saturated carbocycles. The van der Waals surface area contributed by atoms with E-state index in [0.29, 0.717) is 10.6 Å². The molecule has 4 rings (SSSR count). The number of benzene rings is 2. The van der Waals surface area contributed by atoms with Crippen molar-refractivity contribution in [1.29, 1.82) is 0 Å². The highest BCUT2D eigenvalue weighted by Crippen LogP contribution is 2.26. The first-order valence-electron chi connectivity index (χ1n) is 8.73. The zero-order valence-electron chi connectivity index (χ0n) is 15.2. The van der Waals surface area contributed by atoms with Gasteiger partial charge in [0.15, 0.2) is 10.9 Å². The SMILES string of the molecule is CCc1nnc2sc(-c3ccc(NC(=S)NC(=O)c4cccc(Cl)c4)cc3)nn12. The van der Waals surface area contributed by atoms with Crippen molar-refractivity contribution in [1.82, 2.24) is 25.1 Å². The molecule has 2 aromatic carbocycles. The summed E-state index contributed by atoms with van der Waals surface area (Å²) in [6.45, 7) is 2.02. The lowest BCUT2D eigenvalue weighted by Crippen LogP contribution is -2.34. The molecule has 2 N–H and O–H groups in total. The first-order chi connectivity index (χ1) is 14.0. The summed E-state index contributed by atoms with van der Waals surface area (Å²) in [6.07, 6.45) is 0.769. The number of hydrogen-bond donors (Lipinski definition) is 2. The van der Waals surface area contributed by atoms with Crippen LogP contribution in [0, 0.1) is 0 Å². The van der Waals surface area contributed by atoms with Gasteiger partial charge in [-0.15, -0.1) is 10.2 Å². The van der Waals surface area contributed by atoms with Crippen molar-refractivity contribution in [2.45, 2.75) is 13.3 Å². The Kier molecular flexibility index (Phi) is 5.52.